The molecule has 0 saturated heterocycles. The molecule has 1 aromatic heterocycles. The van der Waals surface area contributed by atoms with E-state index >= 15 is 0 Å². The number of nitrogens with zero attached hydrogens (tertiary/aromatic N) is 2. The topological polar surface area (TPSA) is 60.9 Å². The van der Waals surface area contributed by atoms with Crippen molar-refractivity contribution in [3.63, 3.8) is 0 Å². The molecule has 29 heavy (non-hydrogen) atoms. The van der Waals surface area contributed by atoms with Crippen LogP contribution in [0.5, 0.6) is 0 Å². The number of halogens is 5. The van der Waals surface area contributed by atoms with Crippen LogP contribution in [0.1, 0.15) is 49.7 Å². The second-order valence-corrected chi connectivity index (χ2v) is 5.80. The normalized spacial score (nSPS) is 15.3. The Morgan fingerprint density at radius 3 is 2.41 bits per heavy atom. The molecule has 0 spiro atoms. The summed E-state index contributed by atoms with van der Waals surface area (Å²) in [7, 11) is 1.50. The summed E-state index contributed by atoms with van der Waals surface area (Å²) in [6.45, 7) is 6.18. The van der Waals surface area contributed by atoms with E-state index in [1.807, 2.05) is 20.6 Å². The number of carbonyl (C=O) groups is 1. The van der Waals surface area contributed by atoms with Crippen molar-refractivity contribution < 1.29 is 26.7 Å². The SMILES string of the molecule is C=O.CC.CN.Fc1cccc(C2CCCc3ncc(CC(F)(F)F)n3C2)c1F. The Morgan fingerprint density at radius 2 is 1.83 bits per heavy atom. The van der Waals surface area contributed by atoms with Crippen molar-refractivity contribution in [2.45, 2.75) is 58.2 Å². The van der Waals surface area contributed by atoms with Gasteiger partial charge in [-0.25, -0.2) is 13.8 Å². The second kappa shape index (κ2) is 13.0. The fourth-order valence-electron chi connectivity index (χ4n) is 3.13. The Morgan fingerprint density at radius 1 is 1.21 bits per heavy atom. The third kappa shape index (κ3) is 7.56. The Balaban J connectivity index is 0.00000120. The number of aryl methyl sites for hydroxylation is 1. The van der Waals surface area contributed by atoms with Gasteiger partial charge in [0.05, 0.1) is 6.42 Å². The highest BCUT2D eigenvalue weighted by atomic mass is 19.4. The highest BCUT2D eigenvalue weighted by Gasteiger charge is 2.32. The molecule has 0 saturated carbocycles. The number of nitrogens with two attached hydrogens (primary N) is 1. The molecule has 1 aliphatic rings. The minimum absolute atomic E-state index is 0.0659. The average Bonchev–Trinajstić information content (AvgIpc) is 2.94. The highest BCUT2D eigenvalue weighted by molar-refractivity contribution is 5.24. The predicted octanol–water partition coefficient (Wildman–Crippen LogP) is 4.80. The number of hydrogen-bond acceptors (Lipinski definition) is 3. The van der Waals surface area contributed by atoms with Crippen molar-refractivity contribution in [3.05, 3.63) is 53.1 Å². The van der Waals surface area contributed by atoms with Crippen LogP contribution in [0.2, 0.25) is 0 Å². The summed E-state index contributed by atoms with van der Waals surface area (Å²) >= 11 is 0. The highest BCUT2D eigenvalue weighted by Crippen LogP contribution is 2.32. The summed E-state index contributed by atoms with van der Waals surface area (Å²) in [5.74, 6) is -1.65. The zero-order chi connectivity index (χ0) is 22.6. The molecular weight excluding hydrogens is 393 g/mol. The van der Waals surface area contributed by atoms with Crippen LogP contribution in [-0.2, 0) is 24.2 Å². The van der Waals surface area contributed by atoms with Gasteiger partial charge >= 0.3 is 6.18 Å². The Labute approximate surface area is 167 Å². The molecule has 2 aromatic rings. The first-order valence-corrected chi connectivity index (χ1v) is 9.25. The average molecular weight is 421 g/mol. The van der Waals surface area contributed by atoms with Gasteiger partial charge in [-0.1, -0.05) is 26.0 Å². The molecule has 1 aromatic carbocycles. The smallest absolute Gasteiger partial charge is 0.333 e. The molecule has 4 nitrogen and oxygen atoms in total. The molecule has 0 fully saturated rings. The first-order chi connectivity index (χ1) is 13.8. The summed E-state index contributed by atoms with van der Waals surface area (Å²) in [5.41, 5.74) is 4.78. The lowest BCUT2D eigenvalue weighted by Gasteiger charge is -2.19. The van der Waals surface area contributed by atoms with Gasteiger partial charge in [0.2, 0.25) is 0 Å². The number of fused-ring (bicyclic) bond motifs is 1. The van der Waals surface area contributed by atoms with Gasteiger partial charge in [-0.15, -0.1) is 0 Å². The molecule has 1 aliphatic heterocycles. The molecule has 0 bridgehead atoms. The Bertz CT molecular complexity index is 731. The van der Waals surface area contributed by atoms with Crippen molar-refractivity contribution in [2.24, 2.45) is 5.73 Å². The van der Waals surface area contributed by atoms with Crippen molar-refractivity contribution in [2.75, 3.05) is 7.05 Å². The molecule has 1 unspecified atom stereocenters. The van der Waals surface area contributed by atoms with Gasteiger partial charge in [-0.2, -0.15) is 13.2 Å². The Hall–Kier alpha value is -2.29. The predicted molar refractivity (Wildman–Crippen MR) is 103 cm³/mol. The van der Waals surface area contributed by atoms with Crippen LogP contribution in [-0.4, -0.2) is 29.6 Å². The van der Waals surface area contributed by atoms with E-state index in [9.17, 15) is 22.0 Å². The zero-order valence-electron chi connectivity index (χ0n) is 16.9. The van der Waals surface area contributed by atoms with Crippen LogP contribution >= 0.6 is 0 Å². The first kappa shape index (κ1) is 26.7. The summed E-state index contributed by atoms with van der Waals surface area (Å²) in [4.78, 5) is 12.1. The number of rotatable bonds is 2. The standard InChI is InChI=1S/C16H15F5N2.C2H6.CH5N.CH2O/c17-13-5-2-4-12(15(13)18)10-3-1-6-14-22-8-11(23(14)9-10)7-16(19,20)21;3*1-2/h2,4-5,8,10H,1,3,6-7,9H2;1-2H3;2H2,1H3;1H2. The van der Waals surface area contributed by atoms with E-state index in [2.05, 4.69) is 10.7 Å². The van der Waals surface area contributed by atoms with Crippen molar-refractivity contribution in [1.29, 1.82) is 0 Å². The van der Waals surface area contributed by atoms with E-state index < -0.39 is 24.2 Å². The first-order valence-electron chi connectivity index (χ1n) is 9.25. The maximum absolute atomic E-state index is 14.0. The van der Waals surface area contributed by atoms with Gasteiger partial charge in [0.1, 0.15) is 12.6 Å². The summed E-state index contributed by atoms with van der Waals surface area (Å²) in [5, 5.41) is 0. The van der Waals surface area contributed by atoms with Crippen molar-refractivity contribution in [3.8, 4) is 0 Å². The molecule has 164 valence electrons. The van der Waals surface area contributed by atoms with E-state index in [0.29, 0.717) is 25.1 Å². The lowest BCUT2D eigenvalue weighted by atomic mass is 9.93. The molecule has 1 atom stereocenters. The summed E-state index contributed by atoms with van der Waals surface area (Å²) in [6, 6.07) is 3.95. The van der Waals surface area contributed by atoms with Crippen LogP contribution in [0.4, 0.5) is 22.0 Å². The number of hydrogen-bond donors (Lipinski definition) is 1. The van der Waals surface area contributed by atoms with Gasteiger partial charge in [0.15, 0.2) is 11.6 Å². The van der Waals surface area contributed by atoms with Gasteiger partial charge < -0.3 is 15.1 Å². The van der Waals surface area contributed by atoms with E-state index in [4.69, 9.17) is 4.79 Å². The van der Waals surface area contributed by atoms with E-state index in [-0.39, 0.29) is 23.7 Å². The Kier molecular flexibility index (Phi) is 12.0. The van der Waals surface area contributed by atoms with E-state index in [0.717, 1.165) is 6.07 Å². The van der Waals surface area contributed by atoms with Gasteiger partial charge in [0, 0.05) is 30.8 Å². The third-order valence-corrected chi connectivity index (χ3v) is 4.18. The lowest BCUT2D eigenvalue weighted by Crippen LogP contribution is -2.18. The number of alkyl halides is 3. The maximum atomic E-state index is 14.0. The number of imidazole rings is 1. The van der Waals surface area contributed by atoms with Gasteiger partial charge in [-0.05, 0) is 31.5 Å². The third-order valence-electron chi connectivity index (χ3n) is 4.18. The van der Waals surface area contributed by atoms with Crippen molar-refractivity contribution >= 4 is 6.79 Å². The number of aromatic nitrogens is 2. The largest absolute Gasteiger partial charge is 0.394 e. The minimum Gasteiger partial charge on any atom is -0.333 e. The molecular formula is C20H28F5N3O. The van der Waals surface area contributed by atoms with Crippen LogP contribution in [0.25, 0.3) is 0 Å². The summed E-state index contributed by atoms with van der Waals surface area (Å²) in [6.07, 6.45) is -2.39. The van der Waals surface area contributed by atoms with Crippen LogP contribution in [0.3, 0.4) is 0 Å². The van der Waals surface area contributed by atoms with Gasteiger partial charge in [0.25, 0.3) is 0 Å². The minimum atomic E-state index is -4.33. The van der Waals surface area contributed by atoms with E-state index in [1.165, 1.54) is 29.9 Å². The molecule has 2 N–H and O–H groups in total. The summed E-state index contributed by atoms with van der Waals surface area (Å²) < 4.78 is 67.0. The molecule has 0 aliphatic carbocycles. The zero-order valence-corrected chi connectivity index (χ0v) is 16.9. The lowest BCUT2D eigenvalue weighted by molar-refractivity contribution is -0.128. The van der Waals surface area contributed by atoms with Crippen LogP contribution < -0.4 is 5.73 Å². The van der Waals surface area contributed by atoms with Crippen molar-refractivity contribution in [1.82, 2.24) is 9.55 Å². The second-order valence-electron chi connectivity index (χ2n) is 5.80. The fraction of sp³-hybridized carbons (Fsp3) is 0.500. The molecule has 2 heterocycles. The molecule has 0 amide bonds. The fourth-order valence-corrected chi connectivity index (χ4v) is 3.13. The number of benzene rings is 1. The monoisotopic (exact) mass is 421 g/mol. The molecule has 3 rings (SSSR count). The quantitative estimate of drug-likeness (QED) is 0.709. The number of carbonyl (C=O) groups excluding carboxylic acids is 1. The maximum Gasteiger partial charge on any atom is 0.394 e. The molecule has 9 heteroatoms. The van der Waals surface area contributed by atoms with Crippen LogP contribution in [0, 0.1) is 11.6 Å². The molecule has 0 radical (unpaired) electrons. The van der Waals surface area contributed by atoms with Crippen LogP contribution in [0.15, 0.2) is 24.4 Å². The van der Waals surface area contributed by atoms with Gasteiger partial charge in [-0.3, -0.25) is 0 Å². The van der Waals surface area contributed by atoms with E-state index in [1.54, 1.807) is 0 Å².